The van der Waals surface area contributed by atoms with E-state index in [0.29, 0.717) is 10.2 Å². The molecule has 0 spiro atoms. The molecule has 1 unspecified atom stereocenters. The average molecular weight is 343 g/mol. The number of benzene rings is 1. The van der Waals surface area contributed by atoms with Gasteiger partial charge in [0.2, 0.25) is 11.8 Å². The van der Waals surface area contributed by atoms with E-state index in [1.807, 2.05) is 13.8 Å². The smallest absolute Gasteiger partial charge is 0.250 e. The van der Waals surface area contributed by atoms with Crippen LogP contribution in [0.1, 0.15) is 19.4 Å². The normalized spacial score (nSPS) is 19.5. The summed E-state index contributed by atoms with van der Waals surface area (Å²) < 4.78 is 14.0. The maximum Gasteiger partial charge on any atom is 0.250 e. The SMILES string of the molecule is Cc1cc(Br)c(F)cc1N1CC(=O)NC(C(C)C)C1=O. The van der Waals surface area contributed by atoms with Gasteiger partial charge in [0.1, 0.15) is 18.4 Å². The van der Waals surface area contributed by atoms with Gasteiger partial charge in [-0.2, -0.15) is 0 Å². The molecule has 108 valence electrons. The minimum Gasteiger partial charge on any atom is -0.342 e. The molecule has 0 radical (unpaired) electrons. The van der Waals surface area contributed by atoms with E-state index in [2.05, 4.69) is 21.2 Å². The lowest BCUT2D eigenvalue weighted by Gasteiger charge is -2.35. The molecule has 6 heteroatoms. The van der Waals surface area contributed by atoms with Crippen LogP contribution in [0.3, 0.4) is 0 Å². The molecule has 1 aromatic carbocycles. The van der Waals surface area contributed by atoms with Gasteiger partial charge in [-0.25, -0.2) is 4.39 Å². The number of carbonyl (C=O) groups excluding carboxylic acids is 2. The van der Waals surface area contributed by atoms with Crippen LogP contribution in [0.2, 0.25) is 0 Å². The summed E-state index contributed by atoms with van der Waals surface area (Å²) in [5, 5.41) is 2.68. The second-order valence-corrected chi connectivity index (χ2v) is 6.12. The van der Waals surface area contributed by atoms with Crippen LogP contribution >= 0.6 is 15.9 Å². The standard InChI is InChI=1S/C14H16BrFN2O2/c1-7(2)13-14(20)18(6-12(19)17-13)11-5-10(16)9(15)4-8(11)3/h4-5,7,13H,6H2,1-3H3,(H,17,19). The number of rotatable bonds is 2. The van der Waals surface area contributed by atoms with Crippen molar-refractivity contribution >= 4 is 33.4 Å². The van der Waals surface area contributed by atoms with Crippen molar-refractivity contribution in [1.82, 2.24) is 5.32 Å². The van der Waals surface area contributed by atoms with Crippen LogP contribution in [0.15, 0.2) is 16.6 Å². The van der Waals surface area contributed by atoms with Crippen LogP contribution in [-0.4, -0.2) is 24.4 Å². The Bertz CT molecular complexity index is 575. The van der Waals surface area contributed by atoms with Crippen molar-refractivity contribution < 1.29 is 14.0 Å². The van der Waals surface area contributed by atoms with Gasteiger partial charge in [-0.3, -0.25) is 9.59 Å². The van der Waals surface area contributed by atoms with Crippen LogP contribution in [0.4, 0.5) is 10.1 Å². The van der Waals surface area contributed by atoms with Gasteiger partial charge in [0.05, 0.1) is 10.2 Å². The minimum atomic E-state index is -0.567. The lowest BCUT2D eigenvalue weighted by molar-refractivity contribution is -0.132. The van der Waals surface area contributed by atoms with E-state index < -0.39 is 11.9 Å². The minimum absolute atomic E-state index is 0.0187. The molecule has 1 aromatic rings. The largest absolute Gasteiger partial charge is 0.342 e. The summed E-state index contributed by atoms with van der Waals surface area (Å²) in [6, 6.07) is 2.32. The van der Waals surface area contributed by atoms with Gasteiger partial charge in [0, 0.05) is 0 Å². The molecule has 20 heavy (non-hydrogen) atoms. The summed E-state index contributed by atoms with van der Waals surface area (Å²) >= 11 is 3.11. The zero-order valence-electron chi connectivity index (χ0n) is 11.5. The Balaban J connectivity index is 2.43. The zero-order chi connectivity index (χ0) is 15.0. The Kier molecular flexibility index (Phi) is 4.13. The summed E-state index contributed by atoms with van der Waals surface area (Å²) in [6.07, 6.45) is 0. The Hall–Kier alpha value is -1.43. The van der Waals surface area contributed by atoms with E-state index in [1.165, 1.54) is 11.0 Å². The molecule has 1 aliphatic rings. The number of nitrogens with zero attached hydrogens (tertiary/aromatic N) is 1. The van der Waals surface area contributed by atoms with E-state index in [-0.39, 0.29) is 24.3 Å². The molecule has 1 saturated heterocycles. The fraction of sp³-hybridized carbons (Fsp3) is 0.429. The van der Waals surface area contributed by atoms with E-state index >= 15 is 0 Å². The molecule has 0 bridgehead atoms. The van der Waals surface area contributed by atoms with Gasteiger partial charge in [0.15, 0.2) is 0 Å². The van der Waals surface area contributed by atoms with E-state index in [0.717, 1.165) is 5.56 Å². The Morgan fingerprint density at radius 2 is 2.05 bits per heavy atom. The van der Waals surface area contributed by atoms with Crippen LogP contribution in [-0.2, 0) is 9.59 Å². The molecule has 1 N–H and O–H groups in total. The summed E-state index contributed by atoms with van der Waals surface area (Å²) in [7, 11) is 0. The van der Waals surface area contributed by atoms with Gasteiger partial charge in [-0.15, -0.1) is 0 Å². The van der Waals surface area contributed by atoms with Crippen molar-refractivity contribution in [3.05, 3.63) is 28.0 Å². The molecule has 1 fully saturated rings. The Labute approximate surface area is 125 Å². The maximum absolute atomic E-state index is 13.7. The average Bonchev–Trinajstić information content (AvgIpc) is 2.36. The molecule has 1 heterocycles. The Morgan fingerprint density at radius 3 is 2.65 bits per heavy atom. The van der Waals surface area contributed by atoms with Crippen LogP contribution < -0.4 is 10.2 Å². The number of carbonyl (C=O) groups is 2. The van der Waals surface area contributed by atoms with Crippen molar-refractivity contribution in [1.29, 1.82) is 0 Å². The first kappa shape index (κ1) is 15.0. The van der Waals surface area contributed by atoms with Crippen LogP contribution in [0.5, 0.6) is 0 Å². The van der Waals surface area contributed by atoms with Crippen LogP contribution in [0.25, 0.3) is 0 Å². The predicted octanol–water partition coefficient (Wildman–Crippen LogP) is 2.38. The van der Waals surface area contributed by atoms with Gasteiger partial charge in [-0.1, -0.05) is 13.8 Å². The molecule has 2 amide bonds. The van der Waals surface area contributed by atoms with Crippen molar-refractivity contribution in [3.8, 4) is 0 Å². The van der Waals surface area contributed by atoms with Gasteiger partial charge < -0.3 is 10.2 Å². The molecular formula is C14H16BrFN2O2. The molecule has 1 atom stereocenters. The van der Waals surface area contributed by atoms with Crippen molar-refractivity contribution in [3.63, 3.8) is 0 Å². The topological polar surface area (TPSA) is 49.4 Å². The number of hydrogen-bond donors (Lipinski definition) is 1. The molecule has 0 aromatic heterocycles. The quantitative estimate of drug-likeness (QED) is 0.896. The fourth-order valence-electron chi connectivity index (χ4n) is 2.25. The lowest BCUT2D eigenvalue weighted by Crippen LogP contribution is -2.60. The number of piperazine rings is 1. The lowest BCUT2D eigenvalue weighted by atomic mass is 9.99. The number of nitrogens with one attached hydrogen (secondary N) is 1. The zero-order valence-corrected chi connectivity index (χ0v) is 13.1. The summed E-state index contributed by atoms with van der Waals surface area (Å²) in [5.41, 5.74) is 1.18. The summed E-state index contributed by atoms with van der Waals surface area (Å²) in [4.78, 5) is 25.6. The number of aryl methyl sites for hydroxylation is 1. The van der Waals surface area contributed by atoms with Crippen molar-refractivity contribution in [2.45, 2.75) is 26.8 Å². The molecule has 4 nitrogen and oxygen atoms in total. The third-order valence-electron chi connectivity index (χ3n) is 3.35. The van der Waals surface area contributed by atoms with E-state index in [9.17, 15) is 14.0 Å². The number of anilines is 1. The third-order valence-corrected chi connectivity index (χ3v) is 3.95. The molecule has 2 rings (SSSR count). The van der Waals surface area contributed by atoms with Crippen LogP contribution in [0, 0.1) is 18.7 Å². The third kappa shape index (κ3) is 2.70. The molecule has 1 aliphatic heterocycles. The second-order valence-electron chi connectivity index (χ2n) is 5.27. The summed E-state index contributed by atoms with van der Waals surface area (Å²) in [6.45, 7) is 5.43. The highest BCUT2D eigenvalue weighted by Crippen LogP contribution is 2.28. The van der Waals surface area contributed by atoms with E-state index in [4.69, 9.17) is 0 Å². The van der Waals surface area contributed by atoms with Crippen molar-refractivity contribution in [2.75, 3.05) is 11.4 Å². The predicted molar refractivity (Wildman–Crippen MR) is 78.0 cm³/mol. The van der Waals surface area contributed by atoms with E-state index in [1.54, 1.807) is 13.0 Å². The van der Waals surface area contributed by atoms with Gasteiger partial charge >= 0.3 is 0 Å². The highest BCUT2D eigenvalue weighted by Gasteiger charge is 2.36. The van der Waals surface area contributed by atoms with Gasteiger partial charge in [-0.05, 0) is 46.5 Å². The molecular weight excluding hydrogens is 327 g/mol. The fourth-order valence-corrected chi connectivity index (χ4v) is 2.71. The van der Waals surface area contributed by atoms with Gasteiger partial charge in [0.25, 0.3) is 0 Å². The maximum atomic E-state index is 13.7. The number of halogens is 2. The highest BCUT2D eigenvalue weighted by molar-refractivity contribution is 9.10. The first-order valence-corrected chi connectivity index (χ1v) is 7.17. The first-order valence-electron chi connectivity index (χ1n) is 6.37. The summed E-state index contributed by atoms with van der Waals surface area (Å²) in [5.74, 6) is -0.907. The first-order chi connectivity index (χ1) is 9.31. The molecule has 0 saturated carbocycles. The monoisotopic (exact) mass is 342 g/mol. The second kappa shape index (κ2) is 5.52. The van der Waals surface area contributed by atoms with Crippen molar-refractivity contribution in [2.24, 2.45) is 5.92 Å². The highest BCUT2D eigenvalue weighted by atomic mass is 79.9. The Morgan fingerprint density at radius 1 is 1.40 bits per heavy atom. The number of hydrogen-bond acceptors (Lipinski definition) is 2. The number of amides is 2. The molecule has 0 aliphatic carbocycles.